The van der Waals surface area contributed by atoms with Gasteiger partial charge in [-0.3, -0.25) is 4.98 Å². The minimum absolute atomic E-state index is 0.157. The molecule has 0 aliphatic carbocycles. The van der Waals surface area contributed by atoms with E-state index in [2.05, 4.69) is 30.8 Å². The van der Waals surface area contributed by atoms with Gasteiger partial charge in [0.1, 0.15) is 29.8 Å². The molecule has 4 heterocycles. The van der Waals surface area contributed by atoms with Gasteiger partial charge in [0.25, 0.3) is 0 Å². The summed E-state index contributed by atoms with van der Waals surface area (Å²) in [5.74, 6) is 2.80. The van der Waals surface area contributed by atoms with Crippen LogP contribution in [0.5, 0.6) is 5.75 Å². The number of hydrogen-bond donors (Lipinski definition) is 0. The highest BCUT2D eigenvalue weighted by atomic mass is 16.5. The Bertz CT molecular complexity index is 720. The largest absolute Gasteiger partial charge is 0.487 e. The first-order valence-corrected chi connectivity index (χ1v) is 8.77. The molecule has 2 aliphatic rings. The van der Waals surface area contributed by atoms with Crippen LogP contribution >= 0.6 is 0 Å². The molecule has 2 aliphatic heterocycles. The second-order valence-electron chi connectivity index (χ2n) is 6.40. The maximum absolute atomic E-state index is 6.13. The van der Waals surface area contributed by atoms with Gasteiger partial charge in [0.15, 0.2) is 0 Å². The predicted octanol–water partition coefficient (Wildman–Crippen LogP) is 1.67. The summed E-state index contributed by atoms with van der Waals surface area (Å²) in [4.78, 5) is 17.7. The summed E-state index contributed by atoms with van der Waals surface area (Å²) in [7, 11) is 0. The van der Waals surface area contributed by atoms with Crippen LogP contribution < -0.4 is 14.5 Å². The molecule has 7 nitrogen and oxygen atoms in total. The van der Waals surface area contributed by atoms with Crippen molar-refractivity contribution in [2.75, 3.05) is 49.2 Å². The van der Waals surface area contributed by atoms with E-state index < -0.39 is 0 Å². The van der Waals surface area contributed by atoms with Crippen molar-refractivity contribution in [3.05, 3.63) is 36.4 Å². The standard InChI is InChI=1S/C18H23N5O2/c1-14-16(3-2-5-19-14)25-15-4-6-23(12-15)18-11-17(20-13-21-18)22-7-9-24-10-8-22/h2-3,5,11,13,15H,4,6-10,12H2,1H3. The van der Waals surface area contributed by atoms with Crippen molar-refractivity contribution in [2.45, 2.75) is 19.4 Å². The van der Waals surface area contributed by atoms with Crippen LogP contribution in [0.2, 0.25) is 0 Å². The van der Waals surface area contributed by atoms with E-state index in [1.54, 1.807) is 12.5 Å². The molecule has 2 aromatic heterocycles. The molecule has 7 heteroatoms. The molecule has 132 valence electrons. The highest BCUT2D eigenvalue weighted by molar-refractivity contribution is 5.51. The predicted molar refractivity (Wildman–Crippen MR) is 95.3 cm³/mol. The molecule has 0 amide bonds. The first-order valence-electron chi connectivity index (χ1n) is 8.77. The molecular weight excluding hydrogens is 318 g/mol. The van der Waals surface area contributed by atoms with Crippen LogP contribution in [0.3, 0.4) is 0 Å². The molecule has 0 saturated carbocycles. The number of hydrogen-bond acceptors (Lipinski definition) is 7. The Morgan fingerprint density at radius 1 is 1.08 bits per heavy atom. The molecule has 25 heavy (non-hydrogen) atoms. The Labute approximate surface area is 147 Å². The second kappa shape index (κ2) is 7.23. The Hall–Kier alpha value is -2.41. The average molecular weight is 341 g/mol. The first kappa shape index (κ1) is 16.1. The van der Waals surface area contributed by atoms with Crippen LogP contribution in [-0.4, -0.2) is 60.4 Å². The minimum Gasteiger partial charge on any atom is -0.487 e. The van der Waals surface area contributed by atoms with Gasteiger partial charge < -0.3 is 19.3 Å². The molecule has 2 aromatic rings. The lowest BCUT2D eigenvalue weighted by atomic mass is 10.3. The van der Waals surface area contributed by atoms with Crippen molar-refractivity contribution in [1.29, 1.82) is 0 Å². The third-order valence-corrected chi connectivity index (χ3v) is 4.69. The molecule has 0 radical (unpaired) electrons. The van der Waals surface area contributed by atoms with Crippen LogP contribution in [0.25, 0.3) is 0 Å². The molecule has 0 bridgehead atoms. The highest BCUT2D eigenvalue weighted by Crippen LogP contribution is 2.25. The maximum atomic E-state index is 6.13. The van der Waals surface area contributed by atoms with Crippen LogP contribution in [0.15, 0.2) is 30.7 Å². The van der Waals surface area contributed by atoms with E-state index >= 15 is 0 Å². The Kier molecular flexibility index (Phi) is 4.65. The lowest BCUT2D eigenvalue weighted by molar-refractivity contribution is 0.122. The lowest BCUT2D eigenvalue weighted by Gasteiger charge is -2.28. The second-order valence-corrected chi connectivity index (χ2v) is 6.40. The van der Waals surface area contributed by atoms with Gasteiger partial charge in [0.2, 0.25) is 0 Å². The fourth-order valence-corrected chi connectivity index (χ4v) is 3.28. The maximum Gasteiger partial charge on any atom is 0.141 e. The average Bonchev–Trinajstić information content (AvgIpc) is 3.13. The molecule has 4 rings (SSSR count). The summed E-state index contributed by atoms with van der Waals surface area (Å²) in [6.07, 6.45) is 4.58. The van der Waals surface area contributed by atoms with Gasteiger partial charge in [-0.1, -0.05) is 0 Å². The number of aryl methyl sites for hydroxylation is 1. The van der Waals surface area contributed by atoms with Gasteiger partial charge >= 0.3 is 0 Å². The number of ether oxygens (including phenoxy) is 2. The van der Waals surface area contributed by atoms with E-state index in [-0.39, 0.29) is 6.10 Å². The van der Waals surface area contributed by atoms with E-state index in [4.69, 9.17) is 9.47 Å². The molecule has 1 unspecified atom stereocenters. The number of rotatable bonds is 4. The fraction of sp³-hybridized carbons (Fsp3) is 0.500. The zero-order valence-electron chi connectivity index (χ0n) is 14.5. The van der Waals surface area contributed by atoms with E-state index in [0.29, 0.717) is 0 Å². The van der Waals surface area contributed by atoms with Crippen LogP contribution in [0.4, 0.5) is 11.6 Å². The molecule has 2 fully saturated rings. The summed E-state index contributed by atoms with van der Waals surface area (Å²) in [6.45, 7) is 7.00. The topological polar surface area (TPSA) is 63.6 Å². The van der Waals surface area contributed by atoms with Crippen molar-refractivity contribution in [3.8, 4) is 5.75 Å². The molecule has 1 atom stereocenters. The number of nitrogens with zero attached hydrogens (tertiary/aromatic N) is 5. The zero-order valence-corrected chi connectivity index (χ0v) is 14.5. The van der Waals surface area contributed by atoms with Gasteiger partial charge in [-0.2, -0.15) is 0 Å². The van der Waals surface area contributed by atoms with Crippen molar-refractivity contribution in [2.24, 2.45) is 0 Å². The molecular formula is C18H23N5O2. The summed E-state index contributed by atoms with van der Waals surface area (Å²) in [5, 5.41) is 0. The number of morpholine rings is 1. The van der Waals surface area contributed by atoms with E-state index in [0.717, 1.165) is 68.9 Å². The summed E-state index contributed by atoms with van der Waals surface area (Å²) >= 11 is 0. The van der Waals surface area contributed by atoms with Crippen LogP contribution in [-0.2, 0) is 4.74 Å². The normalized spacial score (nSPS) is 20.8. The minimum atomic E-state index is 0.157. The number of pyridine rings is 1. The monoisotopic (exact) mass is 341 g/mol. The van der Waals surface area contributed by atoms with E-state index in [9.17, 15) is 0 Å². The summed E-state index contributed by atoms with van der Waals surface area (Å²) in [6, 6.07) is 5.96. The first-order chi connectivity index (χ1) is 12.3. The third-order valence-electron chi connectivity index (χ3n) is 4.69. The number of aromatic nitrogens is 3. The Morgan fingerprint density at radius 2 is 1.88 bits per heavy atom. The molecule has 0 spiro atoms. The third kappa shape index (κ3) is 3.66. The van der Waals surface area contributed by atoms with Gasteiger partial charge in [-0.15, -0.1) is 0 Å². The van der Waals surface area contributed by atoms with Crippen molar-refractivity contribution >= 4 is 11.6 Å². The van der Waals surface area contributed by atoms with Crippen LogP contribution in [0, 0.1) is 6.92 Å². The zero-order chi connectivity index (χ0) is 17.1. The van der Waals surface area contributed by atoms with Gasteiger partial charge in [-0.05, 0) is 19.1 Å². The smallest absolute Gasteiger partial charge is 0.141 e. The van der Waals surface area contributed by atoms with E-state index in [1.165, 1.54) is 0 Å². The molecule has 0 N–H and O–H groups in total. The molecule has 0 aromatic carbocycles. The van der Waals surface area contributed by atoms with Gasteiger partial charge in [-0.25, -0.2) is 9.97 Å². The van der Waals surface area contributed by atoms with Crippen molar-refractivity contribution < 1.29 is 9.47 Å². The van der Waals surface area contributed by atoms with Crippen molar-refractivity contribution in [3.63, 3.8) is 0 Å². The quantitative estimate of drug-likeness (QED) is 0.838. The summed E-state index contributed by atoms with van der Waals surface area (Å²) < 4.78 is 11.5. The van der Waals surface area contributed by atoms with Gasteiger partial charge in [0.05, 0.1) is 25.5 Å². The van der Waals surface area contributed by atoms with Gasteiger partial charge in [0, 0.05) is 38.3 Å². The number of anilines is 2. The van der Waals surface area contributed by atoms with Crippen molar-refractivity contribution in [1.82, 2.24) is 15.0 Å². The lowest BCUT2D eigenvalue weighted by Crippen LogP contribution is -2.37. The highest BCUT2D eigenvalue weighted by Gasteiger charge is 2.26. The molecule has 2 saturated heterocycles. The Balaban J connectivity index is 1.42. The van der Waals surface area contributed by atoms with E-state index in [1.807, 2.05) is 19.1 Å². The summed E-state index contributed by atoms with van der Waals surface area (Å²) in [5.41, 5.74) is 0.928. The van der Waals surface area contributed by atoms with Crippen LogP contribution in [0.1, 0.15) is 12.1 Å². The fourth-order valence-electron chi connectivity index (χ4n) is 3.28. The Morgan fingerprint density at radius 3 is 2.68 bits per heavy atom. The SMILES string of the molecule is Cc1ncccc1OC1CCN(c2cc(N3CCOCC3)ncn2)C1.